The van der Waals surface area contributed by atoms with Crippen LogP contribution in [0.15, 0.2) is 24.3 Å². The molecule has 1 atom stereocenters. The lowest BCUT2D eigenvalue weighted by molar-refractivity contribution is 0.0804. The monoisotopic (exact) mass is 285 g/mol. The topological polar surface area (TPSA) is 55.4 Å². The van der Waals surface area contributed by atoms with Crippen molar-refractivity contribution in [3.63, 3.8) is 0 Å². The first-order valence-corrected chi connectivity index (χ1v) is 5.55. The number of alkyl halides is 1. The van der Waals surface area contributed by atoms with Gasteiger partial charge in [-0.2, -0.15) is 0 Å². The summed E-state index contributed by atoms with van der Waals surface area (Å²) < 4.78 is 4.85. The molecule has 0 aliphatic carbocycles. The minimum atomic E-state index is -0.654. The van der Waals surface area contributed by atoms with Crippen molar-refractivity contribution in [2.45, 2.75) is 5.01 Å². The van der Waals surface area contributed by atoms with Crippen molar-refractivity contribution >= 4 is 27.6 Å². The van der Waals surface area contributed by atoms with Gasteiger partial charge in [0.2, 0.25) is 5.78 Å². The van der Waals surface area contributed by atoms with Gasteiger partial charge in [-0.05, 0) is 28.1 Å². The lowest BCUT2D eigenvalue weighted by Crippen LogP contribution is -2.19. The van der Waals surface area contributed by atoms with Crippen LogP contribution < -0.4 is 5.32 Å². The first kappa shape index (κ1) is 12.9. The van der Waals surface area contributed by atoms with Crippen LogP contribution >= 0.6 is 15.9 Å². The number of carbonyl (C=O) groups is 2. The maximum Gasteiger partial charge on any atom is 0.251 e. The molecule has 5 heteroatoms. The highest BCUT2D eigenvalue weighted by Gasteiger charge is 2.16. The quantitative estimate of drug-likeness (QED) is 0.675. The van der Waals surface area contributed by atoms with Crippen molar-refractivity contribution in [1.29, 1.82) is 0 Å². The molecule has 0 saturated heterocycles. The van der Waals surface area contributed by atoms with Gasteiger partial charge in [0.25, 0.3) is 5.91 Å². The highest BCUT2D eigenvalue weighted by Crippen LogP contribution is 2.12. The summed E-state index contributed by atoms with van der Waals surface area (Å²) >= 11 is 3.09. The van der Waals surface area contributed by atoms with Gasteiger partial charge in [0.05, 0.1) is 0 Å². The standard InChI is InChI=1S/C11H12BrNO3/c1-13-11(15)8-5-3-7(4-6-8)9(14)10(12)16-2/h3-6,10H,1-2H3,(H,13,15). The van der Waals surface area contributed by atoms with Crippen molar-refractivity contribution in [3.05, 3.63) is 35.4 Å². The summed E-state index contributed by atoms with van der Waals surface area (Å²) in [5.41, 5.74) is 1.01. The second-order valence-corrected chi connectivity index (χ2v) is 3.90. The Morgan fingerprint density at radius 1 is 1.25 bits per heavy atom. The summed E-state index contributed by atoms with van der Waals surface area (Å²) in [6, 6.07) is 6.39. The third kappa shape index (κ3) is 2.90. The Hall–Kier alpha value is -1.20. The van der Waals surface area contributed by atoms with E-state index >= 15 is 0 Å². The number of halogens is 1. The lowest BCUT2D eigenvalue weighted by Gasteiger charge is -2.07. The highest BCUT2D eigenvalue weighted by atomic mass is 79.9. The van der Waals surface area contributed by atoms with Crippen LogP contribution in [0.25, 0.3) is 0 Å². The summed E-state index contributed by atoms with van der Waals surface area (Å²) in [5, 5.41) is 1.85. The molecule has 1 N–H and O–H groups in total. The van der Waals surface area contributed by atoms with E-state index in [9.17, 15) is 9.59 Å². The first-order valence-electron chi connectivity index (χ1n) is 4.63. The van der Waals surface area contributed by atoms with Gasteiger partial charge in [-0.15, -0.1) is 0 Å². The zero-order chi connectivity index (χ0) is 12.1. The van der Waals surface area contributed by atoms with Crippen molar-refractivity contribution in [2.24, 2.45) is 0 Å². The van der Waals surface area contributed by atoms with E-state index in [-0.39, 0.29) is 11.7 Å². The zero-order valence-corrected chi connectivity index (χ0v) is 10.6. The number of nitrogens with one attached hydrogen (secondary N) is 1. The summed E-state index contributed by atoms with van der Waals surface area (Å²) in [6.45, 7) is 0. The molecule has 0 bridgehead atoms. The summed E-state index contributed by atoms with van der Waals surface area (Å²) in [6.07, 6.45) is 0. The number of ketones is 1. The number of hydrogen-bond acceptors (Lipinski definition) is 3. The van der Waals surface area contributed by atoms with Crippen molar-refractivity contribution in [1.82, 2.24) is 5.32 Å². The molecule has 0 saturated carbocycles. The number of carbonyl (C=O) groups excluding carboxylic acids is 2. The lowest BCUT2D eigenvalue weighted by atomic mass is 10.1. The minimum Gasteiger partial charge on any atom is -0.362 e. The number of methoxy groups -OCH3 is 1. The van der Waals surface area contributed by atoms with Gasteiger partial charge in [0.1, 0.15) is 0 Å². The molecule has 0 fully saturated rings. The van der Waals surface area contributed by atoms with Crippen molar-refractivity contribution in [3.8, 4) is 0 Å². The van der Waals surface area contributed by atoms with Gasteiger partial charge in [0.15, 0.2) is 5.01 Å². The van der Waals surface area contributed by atoms with Crippen LogP contribution in [0.3, 0.4) is 0 Å². The number of rotatable bonds is 4. The Morgan fingerprint density at radius 2 is 1.75 bits per heavy atom. The molecule has 1 rings (SSSR count). The molecule has 0 aliphatic rings. The van der Waals surface area contributed by atoms with Crippen LogP contribution in [0.2, 0.25) is 0 Å². The van der Waals surface area contributed by atoms with E-state index in [1.807, 2.05) is 0 Å². The molecule has 0 aromatic heterocycles. The third-order valence-corrected chi connectivity index (χ3v) is 2.86. The molecule has 1 unspecified atom stereocenters. The average molecular weight is 286 g/mol. The van der Waals surface area contributed by atoms with E-state index in [0.717, 1.165) is 0 Å². The number of amides is 1. The van der Waals surface area contributed by atoms with E-state index in [1.165, 1.54) is 7.11 Å². The molecule has 4 nitrogen and oxygen atoms in total. The Morgan fingerprint density at radius 3 is 2.19 bits per heavy atom. The smallest absolute Gasteiger partial charge is 0.251 e. The molecular weight excluding hydrogens is 274 g/mol. The zero-order valence-electron chi connectivity index (χ0n) is 8.99. The SMILES string of the molecule is CNC(=O)c1ccc(C(=O)C(Br)OC)cc1. The Labute approximate surface area is 102 Å². The second kappa shape index (κ2) is 5.77. The molecule has 16 heavy (non-hydrogen) atoms. The molecule has 1 aromatic carbocycles. The Bertz CT molecular complexity index is 389. The van der Waals surface area contributed by atoms with E-state index < -0.39 is 5.01 Å². The third-order valence-electron chi connectivity index (χ3n) is 2.07. The second-order valence-electron chi connectivity index (χ2n) is 3.07. The summed E-state index contributed by atoms with van der Waals surface area (Å²) in [4.78, 5) is 22.9. The van der Waals surface area contributed by atoms with Crippen LogP contribution in [0.5, 0.6) is 0 Å². The number of Topliss-reactive ketones (excluding diaryl/α,β-unsaturated/α-hetero) is 1. The fourth-order valence-electron chi connectivity index (χ4n) is 1.17. The molecule has 0 heterocycles. The normalized spacial score (nSPS) is 11.9. The highest BCUT2D eigenvalue weighted by molar-refractivity contribution is 9.09. The average Bonchev–Trinajstić information content (AvgIpc) is 2.36. The van der Waals surface area contributed by atoms with Gasteiger partial charge in [-0.1, -0.05) is 12.1 Å². The first-order chi connectivity index (χ1) is 7.60. The fraction of sp³-hybridized carbons (Fsp3) is 0.273. The molecule has 1 aromatic rings. The fourth-order valence-corrected chi connectivity index (χ4v) is 1.43. The van der Waals surface area contributed by atoms with Gasteiger partial charge in [-0.25, -0.2) is 0 Å². The Balaban J connectivity index is 2.87. The van der Waals surface area contributed by atoms with Gasteiger partial charge >= 0.3 is 0 Å². The molecule has 86 valence electrons. The Kier molecular flexibility index (Phi) is 4.64. The van der Waals surface area contributed by atoms with E-state index in [1.54, 1.807) is 31.3 Å². The number of benzene rings is 1. The van der Waals surface area contributed by atoms with Crippen LogP contribution in [0.4, 0.5) is 0 Å². The van der Waals surface area contributed by atoms with Crippen LogP contribution in [0, 0.1) is 0 Å². The van der Waals surface area contributed by atoms with E-state index in [4.69, 9.17) is 4.74 Å². The van der Waals surface area contributed by atoms with Gasteiger partial charge in [-0.3, -0.25) is 9.59 Å². The minimum absolute atomic E-state index is 0.175. The maximum atomic E-state index is 11.7. The molecule has 0 spiro atoms. The summed E-state index contributed by atoms with van der Waals surface area (Å²) in [5.74, 6) is -0.355. The van der Waals surface area contributed by atoms with Crippen molar-refractivity contribution < 1.29 is 14.3 Å². The summed E-state index contributed by atoms with van der Waals surface area (Å²) in [7, 11) is 3.00. The van der Waals surface area contributed by atoms with E-state index in [0.29, 0.717) is 11.1 Å². The largest absolute Gasteiger partial charge is 0.362 e. The molecule has 1 amide bonds. The van der Waals surface area contributed by atoms with Crippen LogP contribution in [-0.2, 0) is 4.74 Å². The van der Waals surface area contributed by atoms with Crippen molar-refractivity contribution in [2.75, 3.05) is 14.2 Å². The maximum absolute atomic E-state index is 11.7. The molecule has 0 radical (unpaired) electrons. The number of hydrogen-bond donors (Lipinski definition) is 1. The predicted octanol–water partition coefficient (Wildman–Crippen LogP) is 1.60. The van der Waals surface area contributed by atoms with Gasteiger partial charge in [0, 0.05) is 25.3 Å². The predicted molar refractivity (Wildman–Crippen MR) is 63.9 cm³/mol. The number of ether oxygens (including phenoxy) is 1. The van der Waals surface area contributed by atoms with Crippen LogP contribution in [0.1, 0.15) is 20.7 Å². The van der Waals surface area contributed by atoms with Crippen LogP contribution in [-0.4, -0.2) is 30.9 Å². The van der Waals surface area contributed by atoms with Gasteiger partial charge < -0.3 is 10.1 Å². The molecular formula is C11H12BrNO3. The molecule has 0 aliphatic heterocycles. The van der Waals surface area contributed by atoms with E-state index in [2.05, 4.69) is 21.2 Å².